The normalized spacial score (nSPS) is 18.8. The fourth-order valence-corrected chi connectivity index (χ4v) is 4.04. The van der Waals surface area contributed by atoms with Crippen LogP contribution < -0.4 is 16.6 Å². The molecule has 0 spiro atoms. The molecule has 3 N–H and O–H groups in total. The first-order valence-corrected chi connectivity index (χ1v) is 10.0. The molecule has 0 radical (unpaired) electrons. The van der Waals surface area contributed by atoms with Gasteiger partial charge in [0.2, 0.25) is 5.91 Å². The quantitative estimate of drug-likeness (QED) is 0.675. The Morgan fingerprint density at radius 1 is 1.03 bits per heavy atom. The number of para-hydroxylation sites is 1. The van der Waals surface area contributed by atoms with Crippen molar-refractivity contribution in [2.24, 2.45) is 17.6 Å². The Bertz CT molecular complexity index is 1150. The van der Waals surface area contributed by atoms with Crippen molar-refractivity contribution in [1.82, 2.24) is 15.0 Å². The second kappa shape index (κ2) is 8.44. The lowest BCUT2D eigenvalue weighted by atomic mass is 9.81. The fourth-order valence-electron chi connectivity index (χ4n) is 4.04. The van der Waals surface area contributed by atoms with Gasteiger partial charge < -0.3 is 11.1 Å². The molecule has 0 atom stereocenters. The number of rotatable bonds is 5. The van der Waals surface area contributed by atoms with Crippen LogP contribution in [0.3, 0.4) is 0 Å². The molecule has 8 nitrogen and oxygen atoms in total. The molecule has 0 unspecified atom stereocenters. The number of carbonyl (C=O) groups is 2. The number of carbonyl (C=O) groups excluding carboxylic acids is 2. The number of aromatic nitrogens is 3. The van der Waals surface area contributed by atoms with Crippen LogP contribution in [-0.4, -0.2) is 26.8 Å². The molecule has 1 aliphatic rings. The van der Waals surface area contributed by atoms with Crippen molar-refractivity contribution >= 4 is 28.4 Å². The molecule has 154 valence electrons. The predicted molar refractivity (Wildman–Crippen MR) is 113 cm³/mol. The van der Waals surface area contributed by atoms with Gasteiger partial charge in [0.1, 0.15) is 5.52 Å². The number of nitrogens with zero attached hydrogens (tertiary/aromatic N) is 3. The van der Waals surface area contributed by atoms with Gasteiger partial charge in [-0.2, -0.15) is 0 Å². The zero-order valence-electron chi connectivity index (χ0n) is 16.5. The van der Waals surface area contributed by atoms with Gasteiger partial charge in [0.15, 0.2) is 0 Å². The molecule has 30 heavy (non-hydrogen) atoms. The molecule has 0 aliphatic heterocycles. The van der Waals surface area contributed by atoms with E-state index >= 15 is 0 Å². The first-order chi connectivity index (χ1) is 14.5. The van der Waals surface area contributed by atoms with Gasteiger partial charge in [0, 0.05) is 12.5 Å². The van der Waals surface area contributed by atoms with E-state index in [-0.39, 0.29) is 23.3 Å². The van der Waals surface area contributed by atoms with Crippen molar-refractivity contribution in [3.05, 3.63) is 64.4 Å². The number of nitrogens with one attached hydrogen (secondary N) is 1. The van der Waals surface area contributed by atoms with E-state index in [9.17, 15) is 14.4 Å². The average Bonchev–Trinajstić information content (AvgIpc) is 2.76. The lowest BCUT2D eigenvalue weighted by Gasteiger charge is -2.27. The van der Waals surface area contributed by atoms with Crippen molar-refractivity contribution < 1.29 is 9.59 Å². The van der Waals surface area contributed by atoms with Crippen LogP contribution in [0.4, 0.5) is 5.69 Å². The Balaban J connectivity index is 1.37. The maximum atomic E-state index is 12.7. The molecule has 2 amide bonds. The molecule has 1 saturated carbocycles. The molecule has 1 aliphatic carbocycles. The summed E-state index contributed by atoms with van der Waals surface area (Å²) in [5.41, 5.74) is 6.57. The fraction of sp³-hybridized carbons (Fsp3) is 0.318. The van der Waals surface area contributed by atoms with Crippen molar-refractivity contribution in [3.8, 4) is 0 Å². The van der Waals surface area contributed by atoms with Crippen LogP contribution in [0.25, 0.3) is 10.9 Å². The minimum absolute atomic E-state index is 0.107. The maximum Gasteiger partial charge on any atom is 0.277 e. The summed E-state index contributed by atoms with van der Waals surface area (Å²) in [7, 11) is 0. The van der Waals surface area contributed by atoms with Crippen LogP contribution in [0.15, 0.2) is 53.3 Å². The Hall–Kier alpha value is -3.55. The number of benzene rings is 2. The van der Waals surface area contributed by atoms with Gasteiger partial charge >= 0.3 is 0 Å². The predicted octanol–water partition coefficient (Wildman–Crippen LogP) is 2.34. The Kier molecular flexibility index (Phi) is 5.56. The lowest BCUT2D eigenvalue weighted by molar-refractivity contribution is -0.121. The largest absolute Gasteiger partial charge is 0.366 e. The molecular formula is C22H23N5O3. The van der Waals surface area contributed by atoms with Crippen LogP contribution in [0.5, 0.6) is 0 Å². The number of nitrogens with two attached hydrogens (primary N) is 1. The molecule has 2 aromatic carbocycles. The van der Waals surface area contributed by atoms with E-state index < -0.39 is 5.91 Å². The molecular weight excluding hydrogens is 382 g/mol. The van der Waals surface area contributed by atoms with Gasteiger partial charge in [-0.1, -0.05) is 29.5 Å². The summed E-state index contributed by atoms with van der Waals surface area (Å²) in [6, 6.07) is 13.9. The highest BCUT2D eigenvalue weighted by atomic mass is 16.2. The van der Waals surface area contributed by atoms with E-state index in [1.54, 1.807) is 36.4 Å². The van der Waals surface area contributed by atoms with Crippen LogP contribution >= 0.6 is 0 Å². The van der Waals surface area contributed by atoms with Gasteiger partial charge in [-0.3, -0.25) is 14.4 Å². The van der Waals surface area contributed by atoms with Crippen molar-refractivity contribution in [1.29, 1.82) is 0 Å². The summed E-state index contributed by atoms with van der Waals surface area (Å²) in [6.07, 6.45) is 3.06. The number of fused-ring (bicyclic) bond motifs is 1. The Morgan fingerprint density at radius 3 is 2.50 bits per heavy atom. The zero-order chi connectivity index (χ0) is 21.1. The molecule has 1 heterocycles. The highest BCUT2D eigenvalue weighted by Crippen LogP contribution is 2.30. The van der Waals surface area contributed by atoms with Crippen LogP contribution in [0, 0.1) is 11.8 Å². The number of hydrogen-bond acceptors (Lipinski definition) is 5. The van der Waals surface area contributed by atoms with E-state index in [2.05, 4.69) is 15.6 Å². The second-order valence-electron chi connectivity index (χ2n) is 7.71. The van der Waals surface area contributed by atoms with E-state index in [0.717, 1.165) is 12.8 Å². The molecule has 8 heteroatoms. The summed E-state index contributed by atoms with van der Waals surface area (Å²) >= 11 is 0. The van der Waals surface area contributed by atoms with Gasteiger partial charge in [0.05, 0.1) is 16.6 Å². The minimum Gasteiger partial charge on any atom is -0.366 e. The van der Waals surface area contributed by atoms with Crippen molar-refractivity contribution in [3.63, 3.8) is 0 Å². The van der Waals surface area contributed by atoms with Gasteiger partial charge in [-0.25, -0.2) is 4.68 Å². The highest BCUT2D eigenvalue weighted by Gasteiger charge is 2.27. The van der Waals surface area contributed by atoms with E-state index in [4.69, 9.17) is 5.73 Å². The van der Waals surface area contributed by atoms with E-state index in [0.29, 0.717) is 41.5 Å². The molecule has 1 aromatic heterocycles. The molecule has 3 aromatic rings. The van der Waals surface area contributed by atoms with Gasteiger partial charge in [-0.15, -0.1) is 5.10 Å². The number of amides is 2. The third-order valence-electron chi connectivity index (χ3n) is 5.73. The molecule has 4 rings (SSSR count). The first-order valence-electron chi connectivity index (χ1n) is 10.0. The monoisotopic (exact) mass is 405 g/mol. The third-order valence-corrected chi connectivity index (χ3v) is 5.73. The number of primary amides is 1. The summed E-state index contributed by atoms with van der Waals surface area (Å²) < 4.78 is 1.43. The van der Waals surface area contributed by atoms with Crippen molar-refractivity contribution in [2.75, 3.05) is 5.32 Å². The topological polar surface area (TPSA) is 120 Å². The van der Waals surface area contributed by atoms with Crippen LogP contribution in [0.1, 0.15) is 36.0 Å². The van der Waals surface area contributed by atoms with E-state index in [1.807, 2.05) is 12.1 Å². The lowest BCUT2D eigenvalue weighted by Crippen LogP contribution is -2.32. The first kappa shape index (κ1) is 19.8. The summed E-state index contributed by atoms with van der Waals surface area (Å²) in [5, 5.41) is 11.6. The second-order valence-corrected chi connectivity index (χ2v) is 7.71. The average molecular weight is 405 g/mol. The molecule has 1 fully saturated rings. The number of anilines is 1. The Labute approximate surface area is 173 Å². The number of hydrogen-bond donors (Lipinski definition) is 2. The SMILES string of the molecule is NC(=O)c1ccccc1NC(=O)C1CCC(Cn2nnc3ccccc3c2=O)CC1. The summed E-state index contributed by atoms with van der Waals surface area (Å²) in [6.45, 7) is 0.496. The van der Waals surface area contributed by atoms with Crippen LogP contribution in [-0.2, 0) is 11.3 Å². The minimum atomic E-state index is -0.573. The summed E-state index contributed by atoms with van der Waals surface area (Å²) in [5.74, 6) is -0.553. The smallest absolute Gasteiger partial charge is 0.277 e. The summed E-state index contributed by atoms with van der Waals surface area (Å²) in [4.78, 5) is 36.8. The molecule has 0 saturated heterocycles. The van der Waals surface area contributed by atoms with Gasteiger partial charge in [0.25, 0.3) is 11.5 Å². The third kappa shape index (κ3) is 4.07. The maximum absolute atomic E-state index is 12.7. The standard InChI is InChI=1S/C22H23N5O3/c23-20(28)16-5-1-3-7-18(16)24-21(29)15-11-9-14(10-12-15)13-27-22(30)17-6-2-4-8-19(17)25-26-27/h1-8,14-15H,9-13H2,(H2,23,28)(H,24,29). The van der Waals surface area contributed by atoms with Gasteiger partial charge in [-0.05, 0) is 55.9 Å². The van der Waals surface area contributed by atoms with E-state index in [1.165, 1.54) is 4.68 Å². The zero-order valence-corrected chi connectivity index (χ0v) is 16.5. The Morgan fingerprint density at radius 2 is 1.73 bits per heavy atom. The van der Waals surface area contributed by atoms with Crippen LogP contribution in [0.2, 0.25) is 0 Å². The highest BCUT2D eigenvalue weighted by molar-refractivity contribution is 6.03. The molecule has 0 bridgehead atoms. The van der Waals surface area contributed by atoms with Crippen molar-refractivity contribution in [2.45, 2.75) is 32.2 Å².